The van der Waals surface area contributed by atoms with Crippen LogP contribution in [0, 0.1) is 13.8 Å². The van der Waals surface area contributed by atoms with E-state index in [1.807, 2.05) is 0 Å². The third-order valence-corrected chi connectivity index (χ3v) is 3.64. The van der Waals surface area contributed by atoms with E-state index in [9.17, 15) is 0 Å². The maximum Gasteiger partial charge on any atom is -0.0226 e. The second kappa shape index (κ2) is 4.59. The van der Waals surface area contributed by atoms with Gasteiger partial charge in [-0.1, -0.05) is 68.2 Å². The first kappa shape index (κ1) is 10.4. The summed E-state index contributed by atoms with van der Waals surface area (Å²) < 4.78 is 0. The molecular weight excluding hydrogens is 199 g/mol. The molecule has 0 aliphatic heterocycles. The maximum atomic E-state index is 2.22. The molecule has 0 heterocycles. The molecule has 0 aliphatic rings. The van der Waals surface area contributed by atoms with Gasteiger partial charge in [-0.05, 0) is 24.5 Å². The van der Waals surface area contributed by atoms with Crippen LogP contribution in [0.25, 0.3) is 0 Å². The second-order valence-corrected chi connectivity index (χ2v) is 5.26. The van der Waals surface area contributed by atoms with Crippen molar-refractivity contribution in [2.75, 3.05) is 0 Å². The molecule has 0 unspecified atom stereocenters. The zero-order valence-electron chi connectivity index (χ0n) is 9.12. The molecule has 0 N–H and O–H groups in total. The summed E-state index contributed by atoms with van der Waals surface area (Å²) in [7, 11) is 0.769. The van der Waals surface area contributed by atoms with Gasteiger partial charge in [0.2, 0.25) is 0 Å². The molecule has 0 fully saturated rings. The molecule has 0 aliphatic carbocycles. The largest absolute Gasteiger partial charge is 0.0591 e. The van der Waals surface area contributed by atoms with Crippen LogP contribution in [0.2, 0.25) is 0 Å². The van der Waals surface area contributed by atoms with Crippen LogP contribution in [0.1, 0.15) is 11.1 Å². The Hall–Kier alpha value is -1.13. The Labute approximate surface area is 93.1 Å². The van der Waals surface area contributed by atoms with E-state index in [1.165, 1.54) is 21.7 Å². The average Bonchev–Trinajstić information content (AvgIpc) is 2.25. The molecule has 0 atom stereocenters. The van der Waals surface area contributed by atoms with Crippen molar-refractivity contribution in [3.63, 3.8) is 0 Å². The quantitative estimate of drug-likeness (QED) is 0.674. The van der Waals surface area contributed by atoms with Crippen LogP contribution in [-0.4, -0.2) is 0 Å². The Bertz CT molecular complexity index is 382. The Kier molecular flexibility index (Phi) is 3.18. The lowest BCUT2D eigenvalue weighted by Crippen LogP contribution is -2.02. The number of hydrogen-bond acceptors (Lipinski definition) is 0. The second-order valence-electron chi connectivity index (χ2n) is 3.86. The first-order chi connectivity index (χ1) is 7.24. The van der Waals surface area contributed by atoms with E-state index in [0.717, 1.165) is 8.58 Å². The van der Waals surface area contributed by atoms with E-state index in [1.54, 1.807) is 0 Å². The smallest absolute Gasteiger partial charge is 0.0226 e. The molecule has 0 nitrogen and oxygen atoms in total. The molecule has 0 saturated carbocycles. The van der Waals surface area contributed by atoms with E-state index in [2.05, 4.69) is 62.4 Å². The third-order valence-electron chi connectivity index (χ3n) is 2.39. The predicted molar refractivity (Wildman–Crippen MR) is 69.9 cm³/mol. The van der Waals surface area contributed by atoms with Crippen molar-refractivity contribution in [2.45, 2.75) is 13.8 Å². The van der Waals surface area contributed by atoms with Gasteiger partial charge in [0, 0.05) is 0 Å². The van der Waals surface area contributed by atoms with Crippen molar-refractivity contribution in [3.8, 4) is 0 Å². The molecule has 0 saturated heterocycles. The van der Waals surface area contributed by atoms with Crippen LogP contribution in [-0.2, 0) is 0 Å². The van der Waals surface area contributed by atoms with Gasteiger partial charge in [-0.15, -0.1) is 0 Å². The molecule has 15 heavy (non-hydrogen) atoms. The standard InChI is InChI=1S/C14H15P/c1-11-3-7-13(8-4-11)15-14-9-5-12(2)6-10-14/h3-10,15H,1-2H3. The molecule has 2 rings (SSSR count). The molecule has 0 bridgehead atoms. The fourth-order valence-corrected chi connectivity index (χ4v) is 2.44. The van der Waals surface area contributed by atoms with E-state index in [4.69, 9.17) is 0 Å². The number of benzene rings is 2. The third kappa shape index (κ3) is 2.91. The molecule has 0 spiro atoms. The van der Waals surface area contributed by atoms with Gasteiger partial charge in [-0.25, -0.2) is 0 Å². The van der Waals surface area contributed by atoms with Crippen molar-refractivity contribution in [1.82, 2.24) is 0 Å². The van der Waals surface area contributed by atoms with Gasteiger partial charge in [-0.2, -0.15) is 0 Å². The summed E-state index contributed by atoms with van der Waals surface area (Å²) in [5, 5.41) is 2.81. The summed E-state index contributed by atoms with van der Waals surface area (Å²) in [5.74, 6) is 0. The Balaban J connectivity index is 2.15. The first-order valence-electron chi connectivity index (χ1n) is 5.14. The van der Waals surface area contributed by atoms with Gasteiger partial charge in [-0.3, -0.25) is 0 Å². The van der Waals surface area contributed by atoms with Crippen LogP contribution in [0.15, 0.2) is 48.5 Å². The summed E-state index contributed by atoms with van der Waals surface area (Å²) >= 11 is 0. The monoisotopic (exact) mass is 214 g/mol. The van der Waals surface area contributed by atoms with Gasteiger partial charge in [0.15, 0.2) is 0 Å². The number of rotatable bonds is 2. The van der Waals surface area contributed by atoms with Crippen LogP contribution >= 0.6 is 8.58 Å². The van der Waals surface area contributed by atoms with Crippen LogP contribution in [0.3, 0.4) is 0 Å². The van der Waals surface area contributed by atoms with Gasteiger partial charge in [0.1, 0.15) is 0 Å². The molecule has 1 heteroatoms. The highest BCUT2D eigenvalue weighted by Crippen LogP contribution is 2.11. The summed E-state index contributed by atoms with van der Waals surface area (Å²) in [6.45, 7) is 4.25. The minimum Gasteiger partial charge on any atom is -0.0591 e. The zero-order valence-corrected chi connectivity index (χ0v) is 10.1. The fraction of sp³-hybridized carbons (Fsp3) is 0.143. The minimum absolute atomic E-state index is 0.769. The van der Waals surface area contributed by atoms with Crippen molar-refractivity contribution in [3.05, 3.63) is 59.7 Å². The fourth-order valence-electron chi connectivity index (χ4n) is 1.44. The Morgan fingerprint density at radius 1 is 0.600 bits per heavy atom. The topological polar surface area (TPSA) is 0 Å². The van der Waals surface area contributed by atoms with Crippen molar-refractivity contribution < 1.29 is 0 Å². The minimum atomic E-state index is 0.769. The summed E-state index contributed by atoms with van der Waals surface area (Å²) in [6.07, 6.45) is 0. The normalized spacial score (nSPS) is 10.3. The molecule has 76 valence electrons. The van der Waals surface area contributed by atoms with E-state index in [0.29, 0.717) is 0 Å². The molecular formula is C14H15P. The predicted octanol–water partition coefficient (Wildman–Crippen LogP) is 2.93. The Morgan fingerprint density at radius 2 is 0.933 bits per heavy atom. The molecule has 0 aromatic heterocycles. The number of hydrogen-bond donors (Lipinski definition) is 0. The number of aryl methyl sites for hydroxylation is 2. The molecule has 2 aromatic carbocycles. The lowest BCUT2D eigenvalue weighted by molar-refractivity contribution is 1.49. The highest BCUT2D eigenvalue weighted by molar-refractivity contribution is 7.55. The van der Waals surface area contributed by atoms with E-state index in [-0.39, 0.29) is 0 Å². The molecule has 0 radical (unpaired) electrons. The van der Waals surface area contributed by atoms with E-state index >= 15 is 0 Å². The van der Waals surface area contributed by atoms with E-state index < -0.39 is 0 Å². The highest BCUT2D eigenvalue weighted by atomic mass is 31.1. The summed E-state index contributed by atoms with van der Waals surface area (Å²) in [5.41, 5.74) is 2.65. The van der Waals surface area contributed by atoms with Gasteiger partial charge in [0.05, 0.1) is 0 Å². The first-order valence-corrected chi connectivity index (χ1v) is 6.14. The van der Waals surface area contributed by atoms with Gasteiger partial charge >= 0.3 is 0 Å². The molecule has 2 aromatic rings. The zero-order chi connectivity index (χ0) is 10.7. The molecule has 0 amide bonds. The van der Waals surface area contributed by atoms with Gasteiger partial charge < -0.3 is 0 Å². The average molecular weight is 214 g/mol. The van der Waals surface area contributed by atoms with Crippen molar-refractivity contribution in [1.29, 1.82) is 0 Å². The SMILES string of the molecule is Cc1ccc(Pc2ccc(C)cc2)cc1. The van der Waals surface area contributed by atoms with Crippen molar-refractivity contribution in [2.24, 2.45) is 0 Å². The summed E-state index contributed by atoms with van der Waals surface area (Å²) in [6, 6.07) is 17.6. The van der Waals surface area contributed by atoms with Crippen LogP contribution in [0.4, 0.5) is 0 Å². The van der Waals surface area contributed by atoms with Crippen molar-refractivity contribution >= 4 is 19.2 Å². The Morgan fingerprint density at radius 3 is 1.27 bits per heavy atom. The van der Waals surface area contributed by atoms with Gasteiger partial charge in [0.25, 0.3) is 0 Å². The lowest BCUT2D eigenvalue weighted by atomic mass is 10.2. The lowest BCUT2D eigenvalue weighted by Gasteiger charge is -2.03. The highest BCUT2D eigenvalue weighted by Gasteiger charge is 1.95. The van der Waals surface area contributed by atoms with Crippen LogP contribution < -0.4 is 10.6 Å². The van der Waals surface area contributed by atoms with Crippen LogP contribution in [0.5, 0.6) is 0 Å². The maximum absolute atomic E-state index is 2.22. The summed E-state index contributed by atoms with van der Waals surface area (Å²) in [4.78, 5) is 0.